The second kappa shape index (κ2) is 7.84. The Bertz CT molecular complexity index is 1010. The fourth-order valence-electron chi connectivity index (χ4n) is 4.85. The fraction of sp³-hybridized carbons (Fsp3) is 0.346. The van der Waals surface area contributed by atoms with Gasteiger partial charge in [-0.25, -0.2) is 9.18 Å². The van der Waals surface area contributed by atoms with Crippen LogP contribution in [-0.4, -0.2) is 34.2 Å². The normalized spacial score (nSPS) is 21.7. The Balaban J connectivity index is 1.76. The highest BCUT2D eigenvalue weighted by Gasteiger charge is 2.40. The van der Waals surface area contributed by atoms with Crippen LogP contribution >= 0.6 is 0 Å². The summed E-state index contributed by atoms with van der Waals surface area (Å²) in [7, 11) is 0. The van der Waals surface area contributed by atoms with Crippen molar-refractivity contribution in [2.45, 2.75) is 51.4 Å². The maximum absolute atomic E-state index is 14.8. The SMILES string of the molecule is C[C@@H]1CC2=C(Cc3ccccc32)[C@@H](c2ccc(/C=C/C(=O)O)cc2)N1CC(C)(C)F. The van der Waals surface area contributed by atoms with Crippen LogP contribution in [0.25, 0.3) is 11.6 Å². The summed E-state index contributed by atoms with van der Waals surface area (Å²) < 4.78 is 14.8. The van der Waals surface area contributed by atoms with Gasteiger partial charge in [-0.05, 0) is 73.1 Å². The first-order valence-corrected chi connectivity index (χ1v) is 10.5. The van der Waals surface area contributed by atoms with Crippen LogP contribution in [0.5, 0.6) is 0 Å². The molecule has 2 atom stereocenters. The van der Waals surface area contributed by atoms with Crippen molar-refractivity contribution < 1.29 is 14.3 Å². The van der Waals surface area contributed by atoms with E-state index in [0.29, 0.717) is 6.54 Å². The quantitative estimate of drug-likeness (QED) is 0.651. The maximum atomic E-state index is 14.8. The van der Waals surface area contributed by atoms with Crippen molar-refractivity contribution >= 4 is 17.6 Å². The molecule has 2 aromatic rings. The number of carboxylic acid groups (broad SMARTS) is 1. The first-order chi connectivity index (χ1) is 14.2. The largest absolute Gasteiger partial charge is 0.478 e. The molecule has 0 saturated carbocycles. The molecule has 0 fully saturated rings. The molecule has 4 heteroatoms. The van der Waals surface area contributed by atoms with Gasteiger partial charge in [-0.3, -0.25) is 4.90 Å². The molecule has 1 heterocycles. The number of hydrogen-bond donors (Lipinski definition) is 1. The minimum absolute atomic E-state index is 0.0173. The monoisotopic (exact) mass is 405 g/mol. The minimum Gasteiger partial charge on any atom is -0.478 e. The number of carboxylic acids is 1. The Hall–Kier alpha value is -2.72. The highest BCUT2D eigenvalue weighted by atomic mass is 19.1. The highest BCUT2D eigenvalue weighted by molar-refractivity contribution is 5.85. The molecule has 2 aliphatic rings. The van der Waals surface area contributed by atoms with Gasteiger partial charge in [0.05, 0.1) is 6.04 Å². The Labute approximate surface area is 177 Å². The number of nitrogens with zero attached hydrogens (tertiary/aromatic N) is 1. The van der Waals surface area contributed by atoms with E-state index in [-0.39, 0.29) is 12.1 Å². The Morgan fingerprint density at radius 2 is 1.90 bits per heavy atom. The number of benzene rings is 2. The standard InChI is InChI=1S/C26H28FNO2/c1-17-14-22-21-7-5-4-6-20(21)15-23(22)25(28(17)16-26(2,3)27)19-11-8-18(9-12-19)10-13-24(29)30/h4-13,17,25H,14-16H2,1-3H3,(H,29,30)/b13-10+/t17-,25-/m1/s1. The van der Waals surface area contributed by atoms with Crippen molar-refractivity contribution in [1.29, 1.82) is 0 Å². The smallest absolute Gasteiger partial charge is 0.328 e. The zero-order chi connectivity index (χ0) is 21.5. The summed E-state index contributed by atoms with van der Waals surface area (Å²) in [5, 5.41) is 8.86. The van der Waals surface area contributed by atoms with Gasteiger partial charge in [-0.2, -0.15) is 0 Å². The number of aliphatic carboxylic acids is 1. The van der Waals surface area contributed by atoms with Gasteiger partial charge in [-0.15, -0.1) is 0 Å². The number of fused-ring (bicyclic) bond motifs is 2. The zero-order valence-corrected chi connectivity index (χ0v) is 17.7. The van der Waals surface area contributed by atoms with E-state index < -0.39 is 11.6 Å². The summed E-state index contributed by atoms with van der Waals surface area (Å²) in [5.74, 6) is -0.963. The molecule has 1 N–H and O–H groups in total. The van der Waals surface area contributed by atoms with Gasteiger partial charge < -0.3 is 5.11 Å². The molecule has 3 nitrogen and oxygen atoms in total. The molecule has 0 amide bonds. The second-order valence-corrected chi connectivity index (χ2v) is 9.02. The second-order valence-electron chi connectivity index (χ2n) is 9.02. The third kappa shape index (κ3) is 4.10. The lowest BCUT2D eigenvalue weighted by Crippen LogP contribution is -2.46. The Morgan fingerprint density at radius 3 is 2.57 bits per heavy atom. The van der Waals surface area contributed by atoms with E-state index in [2.05, 4.69) is 48.2 Å². The number of rotatable bonds is 5. The number of alkyl halides is 1. The van der Waals surface area contributed by atoms with E-state index in [1.54, 1.807) is 19.9 Å². The molecule has 0 saturated heterocycles. The number of hydrogen-bond acceptors (Lipinski definition) is 2. The van der Waals surface area contributed by atoms with E-state index in [4.69, 9.17) is 5.11 Å². The molecule has 30 heavy (non-hydrogen) atoms. The van der Waals surface area contributed by atoms with Crippen molar-refractivity contribution in [3.63, 3.8) is 0 Å². The summed E-state index contributed by atoms with van der Waals surface area (Å²) in [6, 6.07) is 16.8. The minimum atomic E-state index is -1.29. The summed E-state index contributed by atoms with van der Waals surface area (Å²) >= 11 is 0. The van der Waals surface area contributed by atoms with Crippen molar-refractivity contribution in [1.82, 2.24) is 4.90 Å². The highest BCUT2D eigenvalue weighted by Crippen LogP contribution is 2.49. The van der Waals surface area contributed by atoms with Gasteiger partial charge in [-0.1, -0.05) is 48.5 Å². The molecule has 0 aromatic heterocycles. The molecule has 0 radical (unpaired) electrons. The van der Waals surface area contributed by atoms with Crippen molar-refractivity contribution in [3.8, 4) is 0 Å². The van der Waals surface area contributed by atoms with Crippen LogP contribution in [0.2, 0.25) is 0 Å². The van der Waals surface area contributed by atoms with Crippen molar-refractivity contribution in [2.75, 3.05) is 6.54 Å². The first-order valence-electron chi connectivity index (χ1n) is 10.5. The molecule has 4 rings (SSSR count). The van der Waals surface area contributed by atoms with Crippen molar-refractivity contribution in [2.24, 2.45) is 0 Å². The van der Waals surface area contributed by atoms with Crippen LogP contribution in [0.1, 0.15) is 55.5 Å². The van der Waals surface area contributed by atoms with Gasteiger partial charge in [0.2, 0.25) is 0 Å². The summed E-state index contributed by atoms with van der Waals surface area (Å²) in [4.78, 5) is 13.1. The van der Waals surface area contributed by atoms with E-state index in [1.165, 1.54) is 22.3 Å². The molecule has 1 aliphatic carbocycles. The van der Waals surface area contributed by atoms with Crippen LogP contribution in [-0.2, 0) is 11.2 Å². The number of halogens is 1. The molecule has 0 spiro atoms. The number of carbonyl (C=O) groups is 1. The van der Waals surface area contributed by atoms with Gasteiger partial charge in [0, 0.05) is 18.7 Å². The van der Waals surface area contributed by atoms with Crippen LogP contribution in [0, 0.1) is 0 Å². The fourth-order valence-corrected chi connectivity index (χ4v) is 4.85. The van der Waals surface area contributed by atoms with Gasteiger partial charge in [0.25, 0.3) is 0 Å². The lowest BCUT2D eigenvalue weighted by Gasteiger charge is -2.44. The average Bonchev–Trinajstić information content (AvgIpc) is 3.04. The predicted molar refractivity (Wildman–Crippen MR) is 119 cm³/mol. The first kappa shape index (κ1) is 20.5. The molecular weight excluding hydrogens is 377 g/mol. The van der Waals surface area contributed by atoms with Gasteiger partial charge in [0.15, 0.2) is 0 Å². The molecule has 2 aromatic carbocycles. The topological polar surface area (TPSA) is 40.5 Å². The lowest BCUT2D eigenvalue weighted by atomic mass is 9.84. The Kier molecular flexibility index (Phi) is 5.37. The summed E-state index contributed by atoms with van der Waals surface area (Å²) in [6.45, 7) is 5.84. The third-order valence-corrected chi connectivity index (χ3v) is 6.07. The van der Waals surface area contributed by atoms with Crippen molar-refractivity contribution in [3.05, 3.63) is 82.4 Å². The van der Waals surface area contributed by atoms with E-state index in [1.807, 2.05) is 12.1 Å². The van der Waals surface area contributed by atoms with Crippen LogP contribution in [0.15, 0.2) is 60.2 Å². The molecule has 156 valence electrons. The van der Waals surface area contributed by atoms with Crippen LogP contribution in [0.4, 0.5) is 4.39 Å². The third-order valence-electron chi connectivity index (χ3n) is 6.07. The van der Waals surface area contributed by atoms with E-state index in [9.17, 15) is 9.18 Å². The van der Waals surface area contributed by atoms with E-state index in [0.717, 1.165) is 30.0 Å². The summed E-state index contributed by atoms with van der Waals surface area (Å²) in [5.41, 5.74) is 6.13. The molecule has 1 aliphatic heterocycles. The Morgan fingerprint density at radius 1 is 1.20 bits per heavy atom. The van der Waals surface area contributed by atoms with Gasteiger partial charge in [0.1, 0.15) is 5.67 Å². The van der Waals surface area contributed by atoms with E-state index >= 15 is 0 Å². The summed E-state index contributed by atoms with van der Waals surface area (Å²) in [6.07, 6.45) is 4.56. The average molecular weight is 406 g/mol. The van der Waals surface area contributed by atoms with Crippen LogP contribution < -0.4 is 0 Å². The molecule has 0 bridgehead atoms. The molecule has 0 unspecified atom stereocenters. The van der Waals surface area contributed by atoms with Crippen LogP contribution in [0.3, 0.4) is 0 Å². The predicted octanol–water partition coefficient (Wildman–Crippen LogP) is 5.68. The lowest BCUT2D eigenvalue weighted by molar-refractivity contribution is -0.131. The van der Waals surface area contributed by atoms with Gasteiger partial charge >= 0.3 is 5.97 Å². The maximum Gasteiger partial charge on any atom is 0.328 e. The zero-order valence-electron chi connectivity index (χ0n) is 17.7. The molecular formula is C26H28FNO2.